The van der Waals surface area contributed by atoms with Crippen LogP contribution in [0, 0.1) is 5.92 Å². The Hall–Kier alpha value is -2.02. The number of nitrogens with one attached hydrogen (secondary N) is 1. The van der Waals surface area contributed by atoms with Crippen molar-refractivity contribution in [1.82, 2.24) is 10.2 Å². The molecule has 0 unspecified atom stereocenters. The highest BCUT2D eigenvalue weighted by molar-refractivity contribution is 8.01. The first-order valence-electron chi connectivity index (χ1n) is 11.7. The fraction of sp³-hybridized carbons (Fsp3) is 0.625. The van der Waals surface area contributed by atoms with Gasteiger partial charge < -0.3 is 15.1 Å². The van der Waals surface area contributed by atoms with Gasteiger partial charge in [-0.25, -0.2) is 0 Å². The number of para-hydroxylation sites is 1. The second-order valence-corrected chi connectivity index (χ2v) is 10.3. The number of fused-ring (bicyclic) bond motifs is 1. The average Bonchev–Trinajstić information content (AvgIpc) is 3.06. The lowest BCUT2D eigenvalue weighted by Gasteiger charge is -2.35. The Morgan fingerprint density at radius 2 is 1.71 bits per heavy atom. The minimum Gasteiger partial charge on any atom is -0.352 e. The summed E-state index contributed by atoms with van der Waals surface area (Å²) in [7, 11) is 0. The first-order chi connectivity index (χ1) is 15.0. The summed E-state index contributed by atoms with van der Waals surface area (Å²) in [6.45, 7) is 3.64. The molecule has 0 aromatic heterocycles. The second-order valence-electron chi connectivity index (χ2n) is 9.15. The monoisotopic (exact) mass is 443 g/mol. The van der Waals surface area contributed by atoms with Crippen molar-refractivity contribution in [3.63, 3.8) is 0 Å². The van der Waals surface area contributed by atoms with E-state index in [2.05, 4.69) is 12.2 Å². The number of amides is 3. The summed E-state index contributed by atoms with van der Waals surface area (Å²) < 4.78 is 0. The molecule has 1 saturated heterocycles. The van der Waals surface area contributed by atoms with Gasteiger partial charge in [-0.05, 0) is 56.6 Å². The van der Waals surface area contributed by atoms with Crippen molar-refractivity contribution in [2.45, 2.75) is 74.5 Å². The number of hydrogen-bond acceptors (Lipinski definition) is 4. The van der Waals surface area contributed by atoms with Gasteiger partial charge in [-0.15, -0.1) is 11.8 Å². The van der Waals surface area contributed by atoms with Crippen LogP contribution in [0.25, 0.3) is 0 Å². The maximum atomic E-state index is 13.4. The van der Waals surface area contributed by atoms with E-state index in [1.165, 1.54) is 16.7 Å². The van der Waals surface area contributed by atoms with Crippen LogP contribution in [-0.4, -0.2) is 53.5 Å². The van der Waals surface area contributed by atoms with E-state index in [1.807, 2.05) is 29.2 Å². The third kappa shape index (κ3) is 5.25. The van der Waals surface area contributed by atoms with Gasteiger partial charge in [0, 0.05) is 24.0 Å². The molecule has 6 nitrogen and oxygen atoms in total. The summed E-state index contributed by atoms with van der Waals surface area (Å²) in [5, 5.41) is 2.31. The molecule has 168 valence electrons. The fourth-order valence-electron chi connectivity index (χ4n) is 4.81. The number of anilines is 1. The van der Waals surface area contributed by atoms with Crippen LogP contribution in [0.3, 0.4) is 0 Å². The number of rotatable bonds is 4. The molecular weight excluding hydrogens is 410 g/mol. The number of benzene rings is 1. The Balaban J connectivity index is 1.48. The van der Waals surface area contributed by atoms with Crippen molar-refractivity contribution in [2.75, 3.05) is 24.5 Å². The molecule has 1 atom stereocenters. The Morgan fingerprint density at radius 3 is 2.42 bits per heavy atom. The van der Waals surface area contributed by atoms with E-state index >= 15 is 0 Å². The molecule has 1 aromatic carbocycles. The first-order valence-corrected chi connectivity index (χ1v) is 12.6. The lowest BCUT2D eigenvalue weighted by Crippen LogP contribution is -2.53. The molecule has 7 heteroatoms. The van der Waals surface area contributed by atoms with Gasteiger partial charge in [0.05, 0.1) is 5.69 Å². The minimum atomic E-state index is -0.809. The van der Waals surface area contributed by atoms with Crippen LogP contribution in [0.1, 0.15) is 58.3 Å². The molecule has 1 saturated carbocycles. The smallest absolute Gasteiger partial charge is 0.250 e. The zero-order chi connectivity index (χ0) is 21.8. The predicted octanol–water partition coefficient (Wildman–Crippen LogP) is 3.59. The zero-order valence-electron chi connectivity index (χ0n) is 18.3. The number of hydrogen-bond donors (Lipinski definition) is 1. The van der Waals surface area contributed by atoms with Gasteiger partial charge in [-0.1, -0.05) is 31.9 Å². The van der Waals surface area contributed by atoms with Crippen LogP contribution in [0.15, 0.2) is 29.2 Å². The van der Waals surface area contributed by atoms with Gasteiger partial charge in [0.15, 0.2) is 5.25 Å². The molecule has 1 N–H and O–H groups in total. The van der Waals surface area contributed by atoms with Crippen LogP contribution in [-0.2, 0) is 14.4 Å². The Labute approximate surface area is 189 Å². The van der Waals surface area contributed by atoms with Crippen molar-refractivity contribution >= 4 is 35.2 Å². The van der Waals surface area contributed by atoms with Crippen LogP contribution < -0.4 is 10.2 Å². The van der Waals surface area contributed by atoms with E-state index in [0.29, 0.717) is 19.0 Å². The number of carbonyl (C=O) groups excluding carboxylic acids is 3. The predicted molar refractivity (Wildman–Crippen MR) is 123 cm³/mol. The van der Waals surface area contributed by atoms with Crippen LogP contribution >= 0.6 is 11.8 Å². The van der Waals surface area contributed by atoms with Gasteiger partial charge in [0.2, 0.25) is 11.8 Å². The highest BCUT2D eigenvalue weighted by Crippen LogP contribution is 2.39. The summed E-state index contributed by atoms with van der Waals surface area (Å²) in [5.74, 6) is 0.186. The molecule has 3 aliphatic rings. The minimum absolute atomic E-state index is 0.0355. The molecule has 2 heterocycles. The second kappa shape index (κ2) is 10.1. The lowest BCUT2D eigenvalue weighted by molar-refractivity contribution is -0.135. The number of thioether (sulfide) groups is 1. The van der Waals surface area contributed by atoms with Gasteiger partial charge in [-0.2, -0.15) is 0 Å². The summed E-state index contributed by atoms with van der Waals surface area (Å²) in [5.41, 5.74) is 0.727. The van der Waals surface area contributed by atoms with Crippen molar-refractivity contribution in [2.24, 2.45) is 5.92 Å². The highest BCUT2D eigenvalue weighted by Gasteiger charge is 2.41. The standard InChI is InChI=1S/C24H33N3O3S/c1-17-10-12-18(13-11-17)25-21(28)16-27-19-8-4-5-9-20(19)31-22(24(27)30)23(29)26-14-6-2-3-7-15-26/h4-5,8-9,17-18,22H,2-3,6-7,10-16H2,1H3,(H,25,28)/t17?,18?,22-/m0/s1. The van der Waals surface area contributed by atoms with Crippen molar-refractivity contribution in [1.29, 1.82) is 0 Å². The molecule has 0 radical (unpaired) electrons. The summed E-state index contributed by atoms with van der Waals surface area (Å²) in [6.07, 6.45) is 8.46. The van der Waals surface area contributed by atoms with Crippen molar-refractivity contribution < 1.29 is 14.4 Å². The number of likely N-dealkylation sites (tertiary alicyclic amines) is 1. The van der Waals surface area contributed by atoms with E-state index in [4.69, 9.17) is 0 Å². The Kier molecular flexibility index (Phi) is 7.20. The van der Waals surface area contributed by atoms with Crippen LogP contribution in [0.2, 0.25) is 0 Å². The third-order valence-corrected chi connectivity index (χ3v) is 7.95. The molecular formula is C24H33N3O3S. The van der Waals surface area contributed by atoms with Gasteiger partial charge in [-0.3, -0.25) is 14.4 Å². The average molecular weight is 444 g/mol. The van der Waals surface area contributed by atoms with Gasteiger partial charge >= 0.3 is 0 Å². The summed E-state index contributed by atoms with van der Waals surface area (Å²) in [4.78, 5) is 43.8. The quantitative estimate of drug-likeness (QED) is 0.722. The lowest BCUT2D eigenvalue weighted by atomic mass is 9.87. The molecule has 2 aliphatic heterocycles. The largest absolute Gasteiger partial charge is 0.352 e. The molecule has 3 amide bonds. The summed E-state index contributed by atoms with van der Waals surface area (Å²) >= 11 is 1.33. The van der Waals surface area contributed by atoms with Gasteiger partial charge in [0.25, 0.3) is 5.91 Å². The van der Waals surface area contributed by atoms with Crippen LogP contribution in [0.5, 0.6) is 0 Å². The highest BCUT2D eigenvalue weighted by atomic mass is 32.2. The molecule has 1 aliphatic carbocycles. The number of nitrogens with zero attached hydrogens (tertiary/aromatic N) is 2. The summed E-state index contributed by atoms with van der Waals surface area (Å²) in [6, 6.07) is 7.77. The van der Waals surface area contributed by atoms with E-state index in [9.17, 15) is 14.4 Å². The molecule has 0 spiro atoms. The van der Waals surface area contributed by atoms with E-state index < -0.39 is 5.25 Å². The molecule has 1 aromatic rings. The third-order valence-electron chi connectivity index (χ3n) is 6.72. The van der Waals surface area contributed by atoms with E-state index in [1.54, 1.807) is 0 Å². The Morgan fingerprint density at radius 1 is 1.03 bits per heavy atom. The molecule has 2 fully saturated rings. The SMILES string of the molecule is CC1CCC(NC(=O)CN2C(=O)[C@H](C(=O)N3CCCCCC3)Sc3ccccc32)CC1. The normalized spacial score (nSPS) is 26.7. The van der Waals surface area contributed by atoms with Crippen LogP contribution in [0.4, 0.5) is 5.69 Å². The van der Waals surface area contributed by atoms with E-state index in [0.717, 1.165) is 61.9 Å². The molecule has 31 heavy (non-hydrogen) atoms. The topological polar surface area (TPSA) is 69.7 Å². The maximum absolute atomic E-state index is 13.4. The van der Waals surface area contributed by atoms with Crippen molar-refractivity contribution in [3.05, 3.63) is 24.3 Å². The maximum Gasteiger partial charge on any atom is 0.250 e. The van der Waals surface area contributed by atoms with Gasteiger partial charge in [0.1, 0.15) is 6.54 Å². The molecule has 0 bridgehead atoms. The van der Waals surface area contributed by atoms with Crippen molar-refractivity contribution in [3.8, 4) is 0 Å². The van der Waals surface area contributed by atoms with E-state index in [-0.39, 0.29) is 30.3 Å². The zero-order valence-corrected chi connectivity index (χ0v) is 19.2. The first kappa shape index (κ1) is 22.2. The fourth-order valence-corrected chi connectivity index (χ4v) is 6.00. The Bertz CT molecular complexity index is 814. The number of carbonyl (C=O) groups is 3. The molecule has 4 rings (SSSR count).